The molecule has 0 saturated heterocycles. The zero-order valence-corrected chi connectivity index (χ0v) is 21.7. The van der Waals surface area contributed by atoms with Crippen LogP contribution in [0.25, 0.3) is 11.0 Å². The van der Waals surface area contributed by atoms with Gasteiger partial charge in [-0.1, -0.05) is 61.5 Å². The fourth-order valence-electron chi connectivity index (χ4n) is 4.30. The second-order valence-corrected chi connectivity index (χ2v) is 9.44. The van der Waals surface area contributed by atoms with Crippen molar-refractivity contribution < 1.29 is 14.3 Å². The van der Waals surface area contributed by atoms with E-state index in [0.29, 0.717) is 35.0 Å². The fourth-order valence-corrected chi connectivity index (χ4v) is 4.30. The molecule has 4 rings (SSSR count). The van der Waals surface area contributed by atoms with Gasteiger partial charge in [0.1, 0.15) is 23.9 Å². The number of aromatic nitrogens is 3. The average molecular weight is 500 g/mol. The smallest absolute Gasteiger partial charge is 0.249 e. The molecule has 0 bridgehead atoms. The third-order valence-corrected chi connectivity index (χ3v) is 6.29. The maximum Gasteiger partial charge on any atom is 0.249 e. The first-order valence-electron chi connectivity index (χ1n) is 12.5. The first-order valence-corrected chi connectivity index (χ1v) is 12.5. The van der Waals surface area contributed by atoms with Crippen LogP contribution in [0.3, 0.4) is 0 Å². The number of carbonyl (C=O) groups excluding carboxylic acids is 2. The predicted octanol–water partition coefficient (Wildman–Crippen LogP) is 4.69. The number of amides is 2. The Bertz CT molecular complexity index is 1380. The molecule has 1 N–H and O–H groups in total. The number of nitrogens with one attached hydrogen (secondary N) is 1. The number of nitrogens with zero attached hydrogens (tertiary/aromatic N) is 4. The zero-order valence-electron chi connectivity index (χ0n) is 21.7. The standard InChI is InChI=1S/C29H33N5O3/c1-20(2)16-17-30-29(36)28(22-11-9-12-23(18-22)37-4)34(25-14-7-5-10-21(25)3)27(35)19-33-26-15-8-6-13-24(26)31-32-33/h5-15,18,20,28H,16-17,19H2,1-4H3,(H,30,36)/t28-/m1/s1. The molecule has 0 spiro atoms. The first-order chi connectivity index (χ1) is 17.9. The summed E-state index contributed by atoms with van der Waals surface area (Å²) in [6.07, 6.45) is 0.833. The van der Waals surface area contributed by atoms with E-state index < -0.39 is 6.04 Å². The van der Waals surface area contributed by atoms with Crippen molar-refractivity contribution in [2.24, 2.45) is 5.92 Å². The van der Waals surface area contributed by atoms with Crippen molar-refractivity contribution in [1.29, 1.82) is 0 Å². The van der Waals surface area contributed by atoms with E-state index in [4.69, 9.17) is 4.74 Å². The van der Waals surface area contributed by atoms with Gasteiger partial charge >= 0.3 is 0 Å². The number of carbonyl (C=O) groups is 2. The summed E-state index contributed by atoms with van der Waals surface area (Å²) in [6, 6.07) is 21.4. The number of anilines is 1. The van der Waals surface area contributed by atoms with E-state index in [1.165, 1.54) is 0 Å². The summed E-state index contributed by atoms with van der Waals surface area (Å²) in [5.41, 5.74) is 3.64. The maximum atomic E-state index is 14.1. The van der Waals surface area contributed by atoms with Crippen molar-refractivity contribution in [1.82, 2.24) is 20.3 Å². The van der Waals surface area contributed by atoms with Crippen LogP contribution in [0.5, 0.6) is 5.75 Å². The van der Waals surface area contributed by atoms with Crippen LogP contribution >= 0.6 is 0 Å². The highest BCUT2D eigenvalue weighted by atomic mass is 16.5. The third kappa shape index (κ3) is 5.97. The number of fused-ring (bicyclic) bond motifs is 1. The Balaban J connectivity index is 1.79. The molecule has 0 aliphatic carbocycles. The average Bonchev–Trinajstić information content (AvgIpc) is 3.30. The van der Waals surface area contributed by atoms with Crippen LogP contribution in [0.2, 0.25) is 0 Å². The number of methoxy groups -OCH3 is 1. The number of hydrogen-bond donors (Lipinski definition) is 1. The minimum atomic E-state index is -0.911. The third-order valence-electron chi connectivity index (χ3n) is 6.29. The van der Waals surface area contributed by atoms with E-state index in [2.05, 4.69) is 29.5 Å². The lowest BCUT2D eigenvalue weighted by molar-refractivity contribution is -0.127. The number of hydrogen-bond acceptors (Lipinski definition) is 5. The molecule has 0 unspecified atom stereocenters. The highest BCUT2D eigenvalue weighted by Gasteiger charge is 2.34. The van der Waals surface area contributed by atoms with Crippen LogP contribution in [-0.4, -0.2) is 40.5 Å². The van der Waals surface area contributed by atoms with Gasteiger partial charge in [0.15, 0.2) is 0 Å². The second kappa shape index (κ2) is 11.7. The van der Waals surface area contributed by atoms with Gasteiger partial charge in [-0.15, -0.1) is 5.10 Å². The number of para-hydroxylation sites is 2. The molecule has 2 amide bonds. The van der Waals surface area contributed by atoms with E-state index in [9.17, 15) is 9.59 Å². The Hall–Kier alpha value is -4.20. The monoisotopic (exact) mass is 499 g/mol. The van der Waals surface area contributed by atoms with E-state index in [1.54, 1.807) is 22.8 Å². The highest BCUT2D eigenvalue weighted by Crippen LogP contribution is 2.32. The fraction of sp³-hybridized carbons (Fsp3) is 0.310. The van der Waals surface area contributed by atoms with Gasteiger partial charge in [-0.25, -0.2) is 4.68 Å². The van der Waals surface area contributed by atoms with Gasteiger partial charge in [-0.3, -0.25) is 14.5 Å². The molecule has 8 nitrogen and oxygen atoms in total. The summed E-state index contributed by atoms with van der Waals surface area (Å²) in [5, 5.41) is 11.4. The van der Waals surface area contributed by atoms with Gasteiger partial charge < -0.3 is 10.1 Å². The molecule has 0 aliphatic rings. The van der Waals surface area contributed by atoms with Gasteiger partial charge in [-0.2, -0.15) is 0 Å². The Morgan fingerprint density at radius 2 is 1.78 bits per heavy atom. The lowest BCUT2D eigenvalue weighted by Gasteiger charge is -2.32. The molecular formula is C29H33N5O3. The summed E-state index contributed by atoms with van der Waals surface area (Å²) in [7, 11) is 1.58. The van der Waals surface area contributed by atoms with Crippen molar-refractivity contribution in [2.45, 2.75) is 39.8 Å². The molecule has 37 heavy (non-hydrogen) atoms. The molecule has 3 aromatic carbocycles. The van der Waals surface area contributed by atoms with E-state index in [0.717, 1.165) is 17.5 Å². The maximum absolute atomic E-state index is 14.1. The van der Waals surface area contributed by atoms with Crippen LogP contribution in [0.4, 0.5) is 5.69 Å². The molecule has 4 aromatic rings. The van der Waals surface area contributed by atoms with Crippen LogP contribution in [0, 0.1) is 12.8 Å². The van der Waals surface area contributed by atoms with Crippen molar-refractivity contribution in [2.75, 3.05) is 18.6 Å². The quantitative estimate of drug-likeness (QED) is 0.342. The minimum Gasteiger partial charge on any atom is -0.497 e. The van der Waals surface area contributed by atoms with Gasteiger partial charge in [0.2, 0.25) is 11.8 Å². The van der Waals surface area contributed by atoms with Crippen LogP contribution in [-0.2, 0) is 16.1 Å². The number of ether oxygens (including phenoxy) is 1. The Labute approximate surface area is 217 Å². The summed E-state index contributed by atoms with van der Waals surface area (Å²) in [6.45, 7) is 6.59. The Kier molecular flexibility index (Phi) is 8.18. The summed E-state index contributed by atoms with van der Waals surface area (Å²) >= 11 is 0. The summed E-state index contributed by atoms with van der Waals surface area (Å²) in [5.74, 6) is 0.507. The van der Waals surface area contributed by atoms with E-state index in [1.807, 2.05) is 73.7 Å². The summed E-state index contributed by atoms with van der Waals surface area (Å²) in [4.78, 5) is 29.5. The topological polar surface area (TPSA) is 89.4 Å². The zero-order chi connectivity index (χ0) is 26.4. The minimum absolute atomic E-state index is 0.0748. The van der Waals surface area contributed by atoms with E-state index >= 15 is 0 Å². The second-order valence-electron chi connectivity index (χ2n) is 9.44. The van der Waals surface area contributed by atoms with Crippen molar-refractivity contribution in [3.8, 4) is 5.75 Å². The predicted molar refractivity (Wildman–Crippen MR) is 144 cm³/mol. The van der Waals surface area contributed by atoms with Gasteiger partial charge in [0.25, 0.3) is 0 Å². The largest absolute Gasteiger partial charge is 0.497 e. The first kappa shape index (κ1) is 25.9. The number of benzene rings is 3. The highest BCUT2D eigenvalue weighted by molar-refractivity contribution is 6.02. The van der Waals surface area contributed by atoms with E-state index in [-0.39, 0.29) is 18.4 Å². The Morgan fingerprint density at radius 3 is 2.54 bits per heavy atom. The SMILES string of the molecule is COc1cccc([C@H](C(=O)NCCC(C)C)N(C(=O)Cn2nnc3ccccc32)c2ccccc2C)c1. The lowest BCUT2D eigenvalue weighted by atomic mass is 10.0. The molecule has 1 heterocycles. The normalized spacial score (nSPS) is 11.9. The molecule has 1 aromatic heterocycles. The molecular weight excluding hydrogens is 466 g/mol. The number of rotatable bonds is 10. The van der Waals surface area contributed by atoms with Gasteiger partial charge in [0.05, 0.1) is 12.6 Å². The summed E-state index contributed by atoms with van der Waals surface area (Å²) < 4.78 is 7.01. The van der Waals surface area contributed by atoms with Crippen molar-refractivity contribution in [3.63, 3.8) is 0 Å². The Morgan fingerprint density at radius 1 is 1.03 bits per heavy atom. The van der Waals surface area contributed by atoms with Crippen LogP contribution < -0.4 is 15.0 Å². The molecule has 192 valence electrons. The molecule has 8 heteroatoms. The van der Waals surface area contributed by atoms with Crippen molar-refractivity contribution >= 4 is 28.5 Å². The van der Waals surface area contributed by atoms with Gasteiger partial charge in [-0.05, 0) is 60.7 Å². The lowest BCUT2D eigenvalue weighted by Crippen LogP contribution is -2.46. The van der Waals surface area contributed by atoms with Crippen molar-refractivity contribution in [3.05, 3.63) is 83.9 Å². The molecule has 1 atom stereocenters. The number of aryl methyl sites for hydroxylation is 1. The molecule has 0 saturated carbocycles. The molecule has 0 radical (unpaired) electrons. The molecule has 0 fully saturated rings. The van der Waals surface area contributed by atoms with Crippen LogP contribution in [0.15, 0.2) is 72.8 Å². The van der Waals surface area contributed by atoms with Crippen LogP contribution in [0.1, 0.15) is 37.4 Å². The molecule has 0 aliphatic heterocycles. The van der Waals surface area contributed by atoms with Gasteiger partial charge in [0, 0.05) is 12.2 Å².